The average Bonchev–Trinajstić information content (AvgIpc) is 2.63. The first-order valence-electron chi connectivity index (χ1n) is 7.92. The molecule has 1 aliphatic heterocycles. The van der Waals surface area contributed by atoms with Crippen LogP contribution in [0.15, 0.2) is 78.9 Å². The molecule has 1 aliphatic rings. The molecule has 0 spiro atoms. The summed E-state index contributed by atoms with van der Waals surface area (Å²) in [6.07, 6.45) is 1.86. The van der Waals surface area contributed by atoms with Crippen molar-refractivity contribution in [3.05, 3.63) is 96.2 Å². The summed E-state index contributed by atoms with van der Waals surface area (Å²) in [5.74, 6) is 0.855. The molecule has 0 fully saturated rings. The van der Waals surface area contributed by atoms with Gasteiger partial charge in [-0.05, 0) is 41.3 Å². The van der Waals surface area contributed by atoms with Gasteiger partial charge in [0.2, 0.25) is 6.23 Å². The van der Waals surface area contributed by atoms with Crippen molar-refractivity contribution in [1.82, 2.24) is 5.32 Å². The second kappa shape index (κ2) is 6.27. The molecule has 0 aromatic heterocycles. The Morgan fingerprint density at radius 1 is 0.739 bits per heavy atom. The lowest BCUT2D eigenvalue weighted by Crippen LogP contribution is -2.34. The van der Waals surface area contributed by atoms with E-state index in [4.69, 9.17) is 4.74 Å². The molecule has 0 unspecified atom stereocenters. The Bertz CT molecular complexity index is 783. The van der Waals surface area contributed by atoms with Crippen LogP contribution in [-0.4, -0.2) is 6.54 Å². The number of para-hydroxylation sites is 1. The summed E-state index contributed by atoms with van der Waals surface area (Å²) < 4.78 is 6.08. The topological polar surface area (TPSA) is 21.3 Å². The van der Waals surface area contributed by atoms with Gasteiger partial charge in [0.15, 0.2) is 0 Å². The van der Waals surface area contributed by atoms with Crippen molar-refractivity contribution < 1.29 is 4.74 Å². The van der Waals surface area contributed by atoms with Crippen LogP contribution in [0.4, 0.5) is 0 Å². The molecule has 2 nitrogen and oxygen atoms in total. The summed E-state index contributed by atoms with van der Waals surface area (Å²) in [6.45, 7) is 0.903. The summed E-state index contributed by atoms with van der Waals surface area (Å²) >= 11 is 0. The van der Waals surface area contributed by atoms with Gasteiger partial charge < -0.3 is 4.74 Å². The Kier molecular flexibility index (Phi) is 3.83. The van der Waals surface area contributed by atoms with E-state index >= 15 is 0 Å². The molecule has 23 heavy (non-hydrogen) atoms. The molecule has 0 amide bonds. The molecule has 0 aliphatic carbocycles. The first kappa shape index (κ1) is 14.0. The number of benzene rings is 3. The molecule has 1 radical (unpaired) electrons. The fourth-order valence-electron chi connectivity index (χ4n) is 2.92. The minimum atomic E-state index is 0.843. The Labute approximate surface area is 136 Å². The molecule has 0 atom stereocenters. The van der Waals surface area contributed by atoms with Crippen LogP contribution in [0, 0.1) is 6.23 Å². The quantitative estimate of drug-likeness (QED) is 0.773. The van der Waals surface area contributed by atoms with Crippen LogP contribution in [0.2, 0.25) is 0 Å². The van der Waals surface area contributed by atoms with E-state index in [0.717, 1.165) is 30.5 Å². The van der Waals surface area contributed by atoms with Crippen LogP contribution in [0.5, 0.6) is 5.75 Å². The molecule has 0 saturated carbocycles. The maximum atomic E-state index is 6.08. The minimum Gasteiger partial charge on any atom is -0.462 e. The average molecular weight is 300 g/mol. The van der Waals surface area contributed by atoms with Gasteiger partial charge in [-0.2, -0.15) is 0 Å². The number of rotatable bonds is 3. The molecule has 3 aromatic rings. The Morgan fingerprint density at radius 2 is 1.48 bits per heavy atom. The largest absolute Gasteiger partial charge is 0.462 e. The van der Waals surface area contributed by atoms with Crippen molar-refractivity contribution in [2.24, 2.45) is 0 Å². The molecule has 113 valence electrons. The number of ether oxygens (including phenoxy) is 1. The molecule has 0 saturated heterocycles. The van der Waals surface area contributed by atoms with Crippen molar-refractivity contribution >= 4 is 0 Å². The van der Waals surface area contributed by atoms with Crippen molar-refractivity contribution in [1.29, 1.82) is 0 Å². The summed E-state index contributed by atoms with van der Waals surface area (Å²) in [5, 5.41) is 3.40. The highest BCUT2D eigenvalue weighted by Crippen LogP contribution is 2.30. The Balaban J connectivity index is 1.69. The van der Waals surface area contributed by atoms with Crippen LogP contribution < -0.4 is 10.1 Å². The monoisotopic (exact) mass is 300 g/mol. The third kappa shape index (κ3) is 2.99. The number of fused-ring (bicyclic) bond motifs is 1. The molecule has 4 rings (SSSR count). The normalized spacial score (nSPS) is 14.3. The zero-order chi connectivity index (χ0) is 15.5. The standard InChI is InChI=1S/C21H18NO/c1-3-7-16(8-4-1)18-12-11-17-13-14-22-21(20(17)15-18)23-19-9-5-2-6-10-19/h1-12,15,22H,13-14H2. The van der Waals surface area contributed by atoms with Gasteiger partial charge in [0.05, 0.1) is 0 Å². The molecular formula is C21H18NO. The fourth-order valence-corrected chi connectivity index (χ4v) is 2.92. The molecule has 2 heteroatoms. The van der Waals surface area contributed by atoms with Gasteiger partial charge in [-0.25, -0.2) is 0 Å². The highest BCUT2D eigenvalue weighted by Gasteiger charge is 2.23. The second-order valence-corrected chi connectivity index (χ2v) is 5.66. The van der Waals surface area contributed by atoms with Crippen molar-refractivity contribution in [2.75, 3.05) is 6.54 Å². The molecule has 0 bridgehead atoms. The van der Waals surface area contributed by atoms with Gasteiger partial charge in [0, 0.05) is 12.1 Å². The zero-order valence-electron chi connectivity index (χ0n) is 12.8. The van der Waals surface area contributed by atoms with Gasteiger partial charge in [-0.15, -0.1) is 0 Å². The summed E-state index contributed by atoms with van der Waals surface area (Å²) in [6, 6.07) is 27.0. The lowest BCUT2D eigenvalue weighted by molar-refractivity contribution is 0.299. The molecular weight excluding hydrogens is 282 g/mol. The SMILES string of the molecule is c1ccc(O[C]2NCCc3ccc(-c4ccccc4)cc32)cc1. The van der Waals surface area contributed by atoms with Crippen LogP contribution >= 0.6 is 0 Å². The minimum absolute atomic E-state index is 0.843. The lowest BCUT2D eigenvalue weighted by atomic mass is 9.94. The maximum Gasteiger partial charge on any atom is 0.245 e. The Morgan fingerprint density at radius 3 is 2.26 bits per heavy atom. The third-order valence-corrected chi connectivity index (χ3v) is 4.10. The van der Waals surface area contributed by atoms with Gasteiger partial charge in [-0.3, -0.25) is 5.32 Å². The predicted octanol–water partition coefficient (Wildman–Crippen LogP) is 4.42. The highest BCUT2D eigenvalue weighted by atomic mass is 16.5. The second-order valence-electron chi connectivity index (χ2n) is 5.66. The Hall–Kier alpha value is -2.58. The maximum absolute atomic E-state index is 6.08. The zero-order valence-corrected chi connectivity index (χ0v) is 12.8. The number of hydrogen-bond donors (Lipinski definition) is 1. The predicted molar refractivity (Wildman–Crippen MR) is 93.0 cm³/mol. The third-order valence-electron chi connectivity index (χ3n) is 4.10. The van der Waals surface area contributed by atoms with E-state index in [1.807, 2.05) is 36.4 Å². The van der Waals surface area contributed by atoms with E-state index in [-0.39, 0.29) is 0 Å². The highest BCUT2D eigenvalue weighted by molar-refractivity contribution is 5.66. The molecule has 1 N–H and O–H groups in total. The molecule has 1 heterocycles. The first-order chi connectivity index (χ1) is 11.4. The smallest absolute Gasteiger partial charge is 0.245 e. The van der Waals surface area contributed by atoms with Gasteiger partial charge in [0.25, 0.3) is 0 Å². The van der Waals surface area contributed by atoms with Gasteiger partial charge in [-0.1, -0.05) is 60.7 Å². The van der Waals surface area contributed by atoms with Crippen LogP contribution in [0.3, 0.4) is 0 Å². The lowest BCUT2D eigenvalue weighted by Gasteiger charge is -2.26. The number of hydrogen-bond acceptors (Lipinski definition) is 2. The number of nitrogens with one attached hydrogen (secondary N) is 1. The van der Waals surface area contributed by atoms with E-state index in [2.05, 4.69) is 47.8 Å². The van der Waals surface area contributed by atoms with Crippen molar-refractivity contribution in [3.63, 3.8) is 0 Å². The van der Waals surface area contributed by atoms with Crippen molar-refractivity contribution in [3.8, 4) is 16.9 Å². The van der Waals surface area contributed by atoms with Crippen LogP contribution in [0.25, 0.3) is 11.1 Å². The van der Waals surface area contributed by atoms with Crippen molar-refractivity contribution in [2.45, 2.75) is 6.42 Å². The first-order valence-corrected chi connectivity index (χ1v) is 7.92. The van der Waals surface area contributed by atoms with Crippen LogP contribution in [0.1, 0.15) is 11.1 Å². The summed E-state index contributed by atoms with van der Waals surface area (Å²) in [7, 11) is 0. The van der Waals surface area contributed by atoms with E-state index in [9.17, 15) is 0 Å². The van der Waals surface area contributed by atoms with Gasteiger partial charge >= 0.3 is 0 Å². The van der Waals surface area contributed by atoms with E-state index < -0.39 is 0 Å². The molecule has 3 aromatic carbocycles. The van der Waals surface area contributed by atoms with E-state index in [1.54, 1.807) is 0 Å². The summed E-state index contributed by atoms with van der Waals surface area (Å²) in [5.41, 5.74) is 4.91. The van der Waals surface area contributed by atoms with E-state index in [0.29, 0.717) is 0 Å². The fraction of sp³-hybridized carbons (Fsp3) is 0.0952. The summed E-state index contributed by atoms with van der Waals surface area (Å²) in [4.78, 5) is 0. The van der Waals surface area contributed by atoms with E-state index in [1.165, 1.54) is 16.7 Å². The van der Waals surface area contributed by atoms with Crippen LogP contribution in [-0.2, 0) is 6.42 Å². The van der Waals surface area contributed by atoms with Gasteiger partial charge in [0.1, 0.15) is 5.75 Å².